The number of nitro benzene ring substituents is 1. The molecule has 0 amide bonds. The van der Waals surface area contributed by atoms with Crippen LogP contribution in [0, 0.1) is 10.1 Å². The van der Waals surface area contributed by atoms with Crippen molar-refractivity contribution in [1.82, 2.24) is 0 Å². The average Bonchev–Trinajstić information content (AvgIpc) is 2.40. The molecule has 4 nitrogen and oxygen atoms in total. The van der Waals surface area contributed by atoms with Crippen LogP contribution < -0.4 is 4.42 Å². The second-order valence-electron chi connectivity index (χ2n) is 3.78. The summed E-state index contributed by atoms with van der Waals surface area (Å²) in [5.41, 5.74) is 1.86. The van der Waals surface area contributed by atoms with Gasteiger partial charge in [-0.2, -0.15) is 0 Å². The second kappa shape index (κ2) is 5.51. The first-order chi connectivity index (χ1) is 8.66. The molecule has 0 unspecified atom stereocenters. The molecule has 0 bridgehead atoms. The van der Waals surface area contributed by atoms with Crippen LogP contribution in [-0.2, 0) is 6.54 Å². The van der Waals surface area contributed by atoms with E-state index in [-0.39, 0.29) is 5.69 Å². The quantitative estimate of drug-likeness (QED) is 0.479. The topological polar surface area (TPSA) is 46.4 Å². The van der Waals surface area contributed by atoms with Gasteiger partial charge >= 0.3 is 0 Å². The van der Waals surface area contributed by atoms with Gasteiger partial charge in [0.05, 0.1) is 17.2 Å². The highest BCUT2D eigenvalue weighted by atomic mass is 35.5. The number of hydrogen-bond acceptors (Lipinski definition) is 3. The van der Waals surface area contributed by atoms with Crippen molar-refractivity contribution in [3.63, 3.8) is 0 Å². The lowest BCUT2D eigenvalue weighted by molar-refractivity contribution is -0.384. The third-order valence-electron chi connectivity index (χ3n) is 2.50. The highest BCUT2D eigenvalue weighted by molar-refractivity contribution is 6.25. The van der Waals surface area contributed by atoms with Crippen LogP contribution >= 0.6 is 11.8 Å². The fourth-order valence-corrected chi connectivity index (χ4v) is 1.82. The Kier molecular flexibility index (Phi) is 3.79. The summed E-state index contributed by atoms with van der Waals surface area (Å²) in [6.45, 7) is 0.542. The second-order valence-corrected chi connectivity index (χ2v) is 4.19. The zero-order valence-corrected chi connectivity index (χ0v) is 10.2. The van der Waals surface area contributed by atoms with Gasteiger partial charge in [0.25, 0.3) is 5.69 Å². The van der Waals surface area contributed by atoms with Crippen LogP contribution in [0.3, 0.4) is 0 Å². The summed E-state index contributed by atoms with van der Waals surface area (Å²) in [4.78, 5) is 10.1. The molecule has 0 aliphatic carbocycles. The molecule has 0 heterocycles. The van der Waals surface area contributed by atoms with E-state index in [4.69, 9.17) is 11.8 Å². The normalized spacial score (nSPS) is 10.1. The van der Waals surface area contributed by atoms with Crippen molar-refractivity contribution in [2.24, 2.45) is 0 Å². The van der Waals surface area contributed by atoms with Gasteiger partial charge in [0.15, 0.2) is 0 Å². The van der Waals surface area contributed by atoms with Gasteiger partial charge in [0, 0.05) is 23.9 Å². The molecule has 0 spiro atoms. The van der Waals surface area contributed by atoms with E-state index in [1.807, 2.05) is 30.3 Å². The maximum Gasteiger partial charge on any atom is 0.269 e. The molecule has 2 aromatic carbocycles. The molecule has 2 rings (SSSR count). The van der Waals surface area contributed by atoms with Crippen molar-refractivity contribution in [2.75, 3.05) is 4.42 Å². The Morgan fingerprint density at radius 1 is 1.06 bits per heavy atom. The van der Waals surface area contributed by atoms with Gasteiger partial charge in [-0.15, -0.1) is 0 Å². The molecule has 0 saturated heterocycles. The van der Waals surface area contributed by atoms with Gasteiger partial charge in [-0.05, 0) is 17.7 Å². The summed E-state index contributed by atoms with van der Waals surface area (Å²) in [7, 11) is 0. The van der Waals surface area contributed by atoms with Crippen LogP contribution in [0.2, 0.25) is 0 Å². The highest BCUT2D eigenvalue weighted by Crippen LogP contribution is 2.22. The predicted molar refractivity (Wildman–Crippen MR) is 71.6 cm³/mol. The molecule has 5 heteroatoms. The van der Waals surface area contributed by atoms with Crippen molar-refractivity contribution in [2.45, 2.75) is 6.54 Å². The smallest absolute Gasteiger partial charge is 0.269 e. The summed E-state index contributed by atoms with van der Waals surface area (Å²) in [6, 6.07) is 15.9. The number of halogens is 1. The summed E-state index contributed by atoms with van der Waals surface area (Å²) < 4.78 is 1.53. The Bertz CT molecular complexity index is 528. The molecule has 92 valence electrons. The lowest BCUT2D eigenvalue weighted by Gasteiger charge is -2.15. The van der Waals surface area contributed by atoms with E-state index in [1.54, 1.807) is 12.1 Å². The maximum absolute atomic E-state index is 10.5. The van der Waals surface area contributed by atoms with E-state index in [0.29, 0.717) is 6.54 Å². The number of benzene rings is 2. The molecule has 0 atom stereocenters. The Balaban J connectivity index is 2.09. The monoisotopic (exact) mass is 262 g/mol. The molecule has 18 heavy (non-hydrogen) atoms. The fraction of sp³-hybridized carbons (Fsp3) is 0.0769. The van der Waals surface area contributed by atoms with Gasteiger partial charge in [-0.1, -0.05) is 30.3 Å². The third kappa shape index (κ3) is 2.99. The molecule has 0 saturated carbocycles. The molecule has 2 aromatic rings. The van der Waals surface area contributed by atoms with Crippen LogP contribution in [0.1, 0.15) is 5.56 Å². The minimum Gasteiger partial charge on any atom is -0.281 e. The minimum atomic E-state index is -0.431. The molecule has 0 N–H and O–H groups in total. The Morgan fingerprint density at radius 3 is 2.22 bits per heavy atom. The van der Waals surface area contributed by atoms with E-state index >= 15 is 0 Å². The molecule has 0 aliphatic heterocycles. The molecular weight excluding hydrogens is 252 g/mol. The van der Waals surface area contributed by atoms with E-state index in [2.05, 4.69) is 0 Å². The number of hydrogen-bond donors (Lipinski definition) is 0. The zero-order chi connectivity index (χ0) is 13.0. The van der Waals surface area contributed by atoms with Crippen molar-refractivity contribution in [1.29, 1.82) is 0 Å². The Morgan fingerprint density at radius 2 is 1.67 bits per heavy atom. The molecule has 0 radical (unpaired) electrons. The van der Waals surface area contributed by atoms with Crippen molar-refractivity contribution >= 4 is 23.2 Å². The number of nitro groups is 1. The number of anilines is 1. The van der Waals surface area contributed by atoms with Crippen LogP contribution in [-0.4, -0.2) is 4.92 Å². The van der Waals surface area contributed by atoms with Crippen molar-refractivity contribution in [3.8, 4) is 0 Å². The van der Waals surface area contributed by atoms with Gasteiger partial charge in [0.2, 0.25) is 0 Å². The van der Waals surface area contributed by atoms with Crippen molar-refractivity contribution in [3.05, 3.63) is 70.3 Å². The van der Waals surface area contributed by atoms with Gasteiger partial charge < -0.3 is 0 Å². The zero-order valence-electron chi connectivity index (χ0n) is 9.49. The molecule has 0 aliphatic rings. The van der Waals surface area contributed by atoms with Gasteiger partial charge in [-0.25, -0.2) is 0 Å². The lowest BCUT2D eigenvalue weighted by atomic mass is 10.2. The first-order valence-corrected chi connectivity index (χ1v) is 5.72. The van der Waals surface area contributed by atoms with Crippen LogP contribution in [0.25, 0.3) is 0 Å². The number of non-ortho nitro benzene ring substituents is 1. The van der Waals surface area contributed by atoms with Crippen molar-refractivity contribution < 1.29 is 4.92 Å². The standard InChI is InChI=1S/C13H11ClN2O2/c14-15(10-11-4-2-1-3-5-11)12-6-8-13(9-7-12)16(17)18/h1-9H,10H2. The van der Waals surface area contributed by atoms with Crippen LogP contribution in [0.15, 0.2) is 54.6 Å². The molecule has 0 aromatic heterocycles. The first kappa shape index (κ1) is 12.4. The Hall–Kier alpha value is -2.07. The SMILES string of the molecule is O=[N+]([O-])c1ccc(N(Cl)Cc2ccccc2)cc1. The van der Waals surface area contributed by atoms with E-state index in [1.165, 1.54) is 16.6 Å². The minimum absolute atomic E-state index is 0.0588. The van der Waals surface area contributed by atoms with Crippen LogP contribution in [0.5, 0.6) is 0 Å². The van der Waals surface area contributed by atoms with E-state index < -0.39 is 4.92 Å². The number of rotatable bonds is 4. The predicted octanol–water partition coefficient (Wildman–Crippen LogP) is 3.76. The lowest BCUT2D eigenvalue weighted by Crippen LogP contribution is -2.09. The van der Waals surface area contributed by atoms with Gasteiger partial charge in [-0.3, -0.25) is 14.5 Å². The van der Waals surface area contributed by atoms with Crippen LogP contribution in [0.4, 0.5) is 11.4 Å². The average molecular weight is 263 g/mol. The van der Waals surface area contributed by atoms with E-state index in [9.17, 15) is 10.1 Å². The fourth-order valence-electron chi connectivity index (χ4n) is 1.57. The summed E-state index contributed by atoms with van der Waals surface area (Å²) in [5.74, 6) is 0. The highest BCUT2D eigenvalue weighted by Gasteiger charge is 2.08. The summed E-state index contributed by atoms with van der Waals surface area (Å²) in [6.07, 6.45) is 0. The van der Waals surface area contributed by atoms with E-state index in [0.717, 1.165) is 11.3 Å². The number of nitrogens with zero attached hydrogens (tertiary/aromatic N) is 2. The van der Waals surface area contributed by atoms with Gasteiger partial charge in [0.1, 0.15) is 0 Å². The summed E-state index contributed by atoms with van der Waals surface area (Å²) in [5, 5.41) is 10.5. The third-order valence-corrected chi connectivity index (χ3v) is 2.82. The Labute approximate surface area is 110 Å². The maximum atomic E-state index is 10.5. The molecular formula is C13H11ClN2O2. The summed E-state index contributed by atoms with van der Waals surface area (Å²) >= 11 is 6.14. The largest absolute Gasteiger partial charge is 0.281 e. The molecule has 0 fully saturated rings. The first-order valence-electron chi connectivity index (χ1n) is 5.38.